The SMILES string of the molecule is OC(c1ccc(Cl)nc1)C1CC1. The van der Waals surface area contributed by atoms with Crippen molar-refractivity contribution in [2.75, 3.05) is 0 Å². The quantitative estimate of drug-likeness (QED) is 0.713. The van der Waals surface area contributed by atoms with Crippen molar-refractivity contribution >= 4 is 11.6 Å². The van der Waals surface area contributed by atoms with E-state index in [0.29, 0.717) is 11.1 Å². The molecule has 1 aliphatic rings. The number of hydrogen-bond donors (Lipinski definition) is 1. The van der Waals surface area contributed by atoms with Gasteiger partial charge in [0.1, 0.15) is 5.15 Å². The smallest absolute Gasteiger partial charge is 0.129 e. The first kappa shape index (κ1) is 8.02. The molecule has 0 amide bonds. The van der Waals surface area contributed by atoms with E-state index in [-0.39, 0.29) is 6.10 Å². The van der Waals surface area contributed by atoms with Crippen LogP contribution in [0, 0.1) is 5.92 Å². The summed E-state index contributed by atoms with van der Waals surface area (Å²) in [5, 5.41) is 10.1. The van der Waals surface area contributed by atoms with Crippen LogP contribution in [0.5, 0.6) is 0 Å². The molecule has 0 radical (unpaired) electrons. The Hall–Kier alpha value is -0.600. The molecule has 1 unspecified atom stereocenters. The van der Waals surface area contributed by atoms with E-state index < -0.39 is 0 Å². The van der Waals surface area contributed by atoms with E-state index in [0.717, 1.165) is 18.4 Å². The number of aromatic nitrogens is 1. The highest BCUT2D eigenvalue weighted by Crippen LogP contribution is 2.40. The fraction of sp³-hybridized carbons (Fsp3) is 0.444. The Kier molecular flexibility index (Phi) is 2.03. The third-order valence-corrected chi connectivity index (χ3v) is 2.38. The number of nitrogens with zero attached hydrogens (tertiary/aromatic N) is 1. The Bertz CT molecular complexity index is 268. The number of halogens is 1. The largest absolute Gasteiger partial charge is 0.388 e. The fourth-order valence-corrected chi connectivity index (χ4v) is 1.36. The monoisotopic (exact) mass is 183 g/mol. The summed E-state index contributed by atoms with van der Waals surface area (Å²) in [5.41, 5.74) is 0.877. The second-order valence-corrected chi connectivity index (χ2v) is 3.58. The van der Waals surface area contributed by atoms with Crippen molar-refractivity contribution in [1.82, 2.24) is 4.98 Å². The molecule has 1 aliphatic carbocycles. The number of rotatable bonds is 2. The van der Waals surface area contributed by atoms with Crippen LogP contribution in [0.15, 0.2) is 18.3 Å². The number of pyridine rings is 1. The molecule has 64 valence electrons. The van der Waals surface area contributed by atoms with Crippen molar-refractivity contribution in [2.24, 2.45) is 5.92 Å². The molecule has 2 nitrogen and oxygen atoms in total. The first-order valence-corrected chi connectivity index (χ1v) is 4.44. The van der Waals surface area contributed by atoms with Gasteiger partial charge in [0.2, 0.25) is 0 Å². The average molecular weight is 184 g/mol. The minimum absolute atomic E-state index is 0.338. The normalized spacial score (nSPS) is 19.2. The highest BCUT2D eigenvalue weighted by atomic mass is 35.5. The van der Waals surface area contributed by atoms with Gasteiger partial charge in [0.05, 0.1) is 6.10 Å². The van der Waals surface area contributed by atoms with Crippen LogP contribution in [0.3, 0.4) is 0 Å². The molecule has 1 aromatic rings. The lowest BCUT2D eigenvalue weighted by Gasteiger charge is -2.07. The van der Waals surface area contributed by atoms with Gasteiger partial charge >= 0.3 is 0 Å². The first-order chi connectivity index (χ1) is 5.77. The average Bonchev–Trinajstić information content (AvgIpc) is 2.87. The van der Waals surface area contributed by atoms with Crippen LogP contribution in [-0.2, 0) is 0 Å². The number of aliphatic hydroxyl groups excluding tert-OH is 1. The molecule has 12 heavy (non-hydrogen) atoms. The highest BCUT2D eigenvalue weighted by molar-refractivity contribution is 6.29. The maximum Gasteiger partial charge on any atom is 0.129 e. The summed E-state index contributed by atoms with van der Waals surface area (Å²) in [6.07, 6.45) is 3.56. The molecule has 0 aliphatic heterocycles. The van der Waals surface area contributed by atoms with E-state index in [1.165, 1.54) is 0 Å². The molecular weight excluding hydrogens is 174 g/mol. The van der Waals surface area contributed by atoms with Crippen molar-refractivity contribution in [2.45, 2.75) is 18.9 Å². The summed E-state index contributed by atoms with van der Waals surface area (Å²) in [7, 11) is 0. The zero-order valence-corrected chi connectivity index (χ0v) is 7.33. The first-order valence-electron chi connectivity index (χ1n) is 4.07. The van der Waals surface area contributed by atoms with Gasteiger partial charge in [-0.2, -0.15) is 0 Å². The lowest BCUT2D eigenvalue weighted by atomic mass is 10.1. The molecule has 1 saturated carbocycles. The molecule has 1 heterocycles. The lowest BCUT2D eigenvalue weighted by molar-refractivity contribution is 0.153. The van der Waals surface area contributed by atoms with Crippen molar-refractivity contribution in [3.05, 3.63) is 29.0 Å². The molecule has 1 aromatic heterocycles. The zero-order chi connectivity index (χ0) is 8.55. The van der Waals surface area contributed by atoms with E-state index in [2.05, 4.69) is 4.98 Å². The minimum Gasteiger partial charge on any atom is -0.388 e. The Morgan fingerprint density at radius 3 is 2.75 bits per heavy atom. The van der Waals surface area contributed by atoms with Gasteiger partial charge in [-0.05, 0) is 30.4 Å². The van der Waals surface area contributed by atoms with E-state index in [1.54, 1.807) is 12.3 Å². The van der Waals surface area contributed by atoms with Gasteiger partial charge < -0.3 is 5.11 Å². The second kappa shape index (κ2) is 3.04. The summed E-state index contributed by atoms with van der Waals surface area (Å²) >= 11 is 5.62. The van der Waals surface area contributed by atoms with Crippen LogP contribution >= 0.6 is 11.6 Å². The van der Waals surface area contributed by atoms with E-state index in [1.807, 2.05) is 6.07 Å². The standard InChI is InChI=1S/C9H10ClNO/c10-8-4-3-7(5-11-8)9(12)6-1-2-6/h3-6,9,12H,1-2H2. The summed E-state index contributed by atoms with van der Waals surface area (Å²) in [4.78, 5) is 3.92. The van der Waals surface area contributed by atoms with Gasteiger partial charge in [0.25, 0.3) is 0 Å². The topological polar surface area (TPSA) is 33.1 Å². The second-order valence-electron chi connectivity index (χ2n) is 3.20. The minimum atomic E-state index is -0.338. The van der Waals surface area contributed by atoms with E-state index in [4.69, 9.17) is 11.6 Å². The van der Waals surface area contributed by atoms with Crippen molar-refractivity contribution in [3.63, 3.8) is 0 Å². The van der Waals surface area contributed by atoms with Gasteiger partial charge in [-0.1, -0.05) is 17.7 Å². The van der Waals surface area contributed by atoms with Crippen LogP contribution in [0.2, 0.25) is 5.15 Å². The lowest BCUT2D eigenvalue weighted by Crippen LogP contribution is -1.99. The van der Waals surface area contributed by atoms with Crippen LogP contribution < -0.4 is 0 Å². The van der Waals surface area contributed by atoms with Gasteiger partial charge in [-0.3, -0.25) is 0 Å². The number of hydrogen-bond acceptors (Lipinski definition) is 2. The maximum atomic E-state index is 9.67. The van der Waals surface area contributed by atoms with Crippen molar-refractivity contribution in [3.8, 4) is 0 Å². The molecule has 0 saturated heterocycles. The molecule has 2 rings (SSSR count). The van der Waals surface area contributed by atoms with Gasteiger partial charge in [-0.15, -0.1) is 0 Å². The summed E-state index contributed by atoms with van der Waals surface area (Å²) in [6.45, 7) is 0. The third kappa shape index (κ3) is 1.59. The van der Waals surface area contributed by atoms with Gasteiger partial charge in [0, 0.05) is 6.20 Å². The molecule has 0 aromatic carbocycles. The van der Waals surface area contributed by atoms with Crippen molar-refractivity contribution in [1.29, 1.82) is 0 Å². The molecule has 1 fully saturated rings. The van der Waals surface area contributed by atoms with Crippen LogP contribution in [0.4, 0.5) is 0 Å². The zero-order valence-electron chi connectivity index (χ0n) is 6.57. The maximum absolute atomic E-state index is 9.67. The predicted molar refractivity (Wildman–Crippen MR) is 46.9 cm³/mol. The summed E-state index contributed by atoms with van der Waals surface area (Å²) in [5.74, 6) is 0.452. The highest BCUT2D eigenvalue weighted by Gasteiger charge is 2.30. The van der Waals surface area contributed by atoms with Gasteiger partial charge in [0.15, 0.2) is 0 Å². The van der Waals surface area contributed by atoms with E-state index in [9.17, 15) is 5.11 Å². The number of aliphatic hydroxyl groups is 1. The third-order valence-electron chi connectivity index (χ3n) is 2.16. The summed E-state index contributed by atoms with van der Waals surface area (Å²) < 4.78 is 0. The van der Waals surface area contributed by atoms with Crippen LogP contribution in [0.1, 0.15) is 24.5 Å². The molecule has 1 atom stereocenters. The van der Waals surface area contributed by atoms with Crippen LogP contribution in [-0.4, -0.2) is 10.1 Å². The Labute approximate surface area is 76.2 Å². The predicted octanol–water partition coefficient (Wildman–Crippen LogP) is 2.18. The Morgan fingerprint density at radius 1 is 1.50 bits per heavy atom. The molecular formula is C9H10ClNO. The van der Waals surface area contributed by atoms with Crippen LogP contribution in [0.25, 0.3) is 0 Å². The Morgan fingerprint density at radius 2 is 2.25 bits per heavy atom. The van der Waals surface area contributed by atoms with Crippen molar-refractivity contribution < 1.29 is 5.11 Å². The molecule has 3 heteroatoms. The fourth-order valence-electron chi connectivity index (χ4n) is 1.25. The molecule has 0 spiro atoms. The molecule has 1 N–H and O–H groups in total. The summed E-state index contributed by atoms with van der Waals surface area (Å²) in [6, 6.07) is 3.54. The van der Waals surface area contributed by atoms with E-state index >= 15 is 0 Å². The Balaban J connectivity index is 2.16. The molecule has 0 bridgehead atoms. The van der Waals surface area contributed by atoms with Gasteiger partial charge in [-0.25, -0.2) is 4.98 Å².